The van der Waals surface area contributed by atoms with Crippen molar-refractivity contribution in [1.29, 1.82) is 0 Å². The molecule has 0 radical (unpaired) electrons. The van der Waals surface area contributed by atoms with Crippen LogP contribution < -0.4 is 0 Å². The summed E-state index contributed by atoms with van der Waals surface area (Å²) >= 11 is 0. The number of hydrogen-bond acceptors (Lipinski definition) is 0. The maximum atomic E-state index is 13.2. The molecule has 0 fully saturated rings. The van der Waals surface area contributed by atoms with Gasteiger partial charge in [-0.2, -0.15) is 0 Å². The summed E-state index contributed by atoms with van der Waals surface area (Å²) in [6.07, 6.45) is 0.345. The van der Waals surface area contributed by atoms with Gasteiger partial charge in [-0.1, -0.05) is 20.8 Å². The second-order valence-electron chi connectivity index (χ2n) is 5.47. The lowest BCUT2D eigenvalue weighted by atomic mass is 9.90. The first-order valence-electron chi connectivity index (χ1n) is 5.37. The van der Waals surface area contributed by atoms with Crippen LogP contribution in [0.15, 0.2) is 6.07 Å². The summed E-state index contributed by atoms with van der Waals surface area (Å²) in [6, 6.07) is 1.91. The van der Waals surface area contributed by atoms with Crippen molar-refractivity contribution in [3.8, 4) is 0 Å². The third kappa shape index (κ3) is 2.06. The van der Waals surface area contributed by atoms with Crippen molar-refractivity contribution in [3.63, 3.8) is 0 Å². The lowest BCUT2D eigenvalue weighted by molar-refractivity contribution is -0.0124. The van der Waals surface area contributed by atoms with Crippen LogP contribution in [0.4, 0.5) is 8.78 Å². The smallest absolute Gasteiger partial charge is 0.252 e. The highest BCUT2D eigenvalue weighted by Gasteiger charge is 2.35. The van der Waals surface area contributed by atoms with Gasteiger partial charge in [-0.3, -0.25) is 0 Å². The molecule has 1 aromatic heterocycles. The molecule has 0 aromatic carbocycles. The molecular weight excluding hydrogens is 196 g/mol. The Bertz CT molecular complexity index is 371. The van der Waals surface area contributed by atoms with Gasteiger partial charge >= 0.3 is 0 Å². The van der Waals surface area contributed by atoms with E-state index in [4.69, 9.17) is 0 Å². The molecular formula is C12H17F2N. The maximum absolute atomic E-state index is 13.2. The minimum atomic E-state index is -2.51. The highest BCUT2D eigenvalue weighted by atomic mass is 19.3. The Morgan fingerprint density at radius 1 is 1.33 bits per heavy atom. The second-order valence-corrected chi connectivity index (χ2v) is 5.47. The quantitative estimate of drug-likeness (QED) is 0.679. The Hall–Kier alpha value is -0.860. The summed E-state index contributed by atoms with van der Waals surface area (Å²) in [5.74, 6) is -2.51. The number of H-pyrrole nitrogens is 1. The number of nitrogens with one attached hydrogen (secondary N) is 1. The Morgan fingerprint density at radius 3 is 2.60 bits per heavy atom. The number of alkyl halides is 2. The van der Waals surface area contributed by atoms with Crippen molar-refractivity contribution < 1.29 is 8.78 Å². The minimum absolute atomic E-state index is 0.00657. The average molecular weight is 213 g/mol. The van der Waals surface area contributed by atoms with Crippen molar-refractivity contribution in [3.05, 3.63) is 23.0 Å². The maximum Gasteiger partial charge on any atom is 0.252 e. The standard InChI is InChI=1S/C12H17F2N/c1-11(2,3)10-6-8-7-12(13,14)5-4-9(8)15-10/h6,15H,4-5,7H2,1-3H3. The van der Waals surface area contributed by atoms with E-state index in [1.54, 1.807) is 0 Å². The zero-order valence-electron chi connectivity index (χ0n) is 9.45. The molecule has 2 rings (SSSR count). The van der Waals surface area contributed by atoms with Crippen LogP contribution in [0.25, 0.3) is 0 Å². The second kappa shape index (κ2) is 3.06. The number of halogens is 2. The van der Waals surface area contributed by atoms with Gasteiger partial charge in [0.2, 0.25) is 0 Å². The number of fused-ring (bicyclic) bond motifs is 1. The molecule has 0 saturated carbocycles. The zero-order chi connectivity index (χ0) is 11.3. The van der Waals surface area contributed by atoms with Crippen LogP contribution in [0.2, 0.25) is 0 Å². The van der Waals surface area contributed by atoms with Gasteiger partial charge in [-0.25, -0.2) is 8.78 Å². The number of aryl methyl sites for hydroxylation is 1. The molecule has 1 aromatic rings. The predicted octanol–water partition coefficient (Wildman–Crippen LogP) is 3.44. The molecule has 1 aliphatic rings. The van der Waals surface area contributed by atoms with Gasteiger partial charge in [0.05, 0.1) is 0 Å². The number of rotatable bonds is 0. The third-order valence-electron chi connectivity index (χ3n) is 2.99. The van der Waals surface area contributed by atoms with E-state index in [9.17, 15) is 8.78 Å². The van der Waals surface area contributed by atoms with E-state index >= 15 is 0 Å². The fraction of sp³-hybridized carbons (Fsp3) is 0.667. The molecule has 1 aliphatic carbocycles. The van der Waals surface area contributed by atoms with Crippen molar-refractivity contribution in [2.45, 2.75) is 51.4 Å². The first kappa shape index (κ1) is 10.7. The van der Waals surface area contributed by atoms with Crippen LogP contribution in [0.1, 0.15) is 44.1 Å². The fourth-order valence-electron chi connectivity index (χ4n) is 2.00. The van der Waals surface area contributed by atoms with E-state index in [-0.39, 0.29) is 18.3 Å². The van der Waals surface area contributed by atoms with Crippen LogP contribution in [0, 0.1) is 0 Å². The van der Waals surface area contributed by atoms with Gasteiger partial charge in [0, 0.05) is 29.6 Å². The van der Waals surface area contributed by atoms with E-state index in [1.165, 1.54) is 0 Å². The Kier molecular flexibility index (Phi) is 2.18. The Labute approximate surface area is 88.9 Å². The van der Waals surface area contributed by atoms with Gasteiger partial charge in [0.25, 0.3) is 5.92 Å². The summed E-state index contributed by atoms with van der Waals surface area (Å²) < 4.78 is 26.4. The highest BCUT2D eigenvalue weighted by molar-refractivity contribution is 5.32. The lowest BCUT2D eigenvalue weighted by Gasteiger charge is -2.21. The Balaban J connectivity index is 2.34. The van der Waals surface area contributed by atoms with Gasteiger partial charge in [-0.15, -0.1) is 0 Å². The Morgan fingerprint density at radius 2 is 2.00 bits per heavy atom. The van der Waals surface area contributed by atoms with Crippen LogP contribution in [-0.2, 0) is 18.3 Å². The molecule has 0 amide bonds. The highest BCUT2D eigenvalue weighted by Crippen LogP contribution is 2.35. The SMILES string of the molecule is CC(C)(C)c1cc2c([nH]1)CCC(F)(F)C2. The van der Waals surface area contributed by atoms with Crippen molar-refractivity contribution >= 4 is 0 Å². The molecule has 3 heteroatoms. The van der Waals surface area contributed by atoms with Crippen LogP contribution in [-0.4, -0.2) is 10.9 Å². The fourth-order valence-corrected chi connectivity index (χ4v) is 2.00. The van der Waals surface area contributed by atoms with E-state index < -0.39 is 5.92 Å². The summed E-state index contributed by atoms with van der Waals surface area (Å²) in [7, 11) is 0. The zero-order valence-corrected chi connectivity index (χ0v) is 9.45. The van der Waals surface area contributed by atoms with Crippen molar-refractivity contribution in [2.24, 2.45) is 0 Å². The number of aromatic nitrogens is 1. The monoisotopic (exact) mass is 213 g/mol. The van der Waals surface area contributed by atoms with Crippen molar-refractivity contribution in [2.75, 3.05) is 0 Å². The third-order valence-corrected chi connectivity index (χ3v) is 2.99. The summed E-state index contributed by atoms with van der Waals surface area (Å²) in [5, 5.41) is 0. The van der Waals surface area contributed by atoms with Crippen LogP contribution in [0.5, 0.6) is 0 Å². The summed E-state index contributed by atoms with van der Waals surface area (Å²) in [6.45, 7) is 6.26. The topological polar surface area (TPSA) is 15.8 Å². The molecule has 1 heterocycles. The van der Waals surface area contributed by atoms with Crippen LogP contribution in [0.3, 0.4) is 0 Å². The van der Waals surface area contributed by atoms with Gasteiger partial charge < -0.3 is 4.98 Å². The van der Waals surface area contributed by atoms with Crippen LogP contribution >= 0.6 is 0 Å². The summed E-state index contributed by atoms with van der Waals surface area (Å²) in [4.78, 5) is 3.28. The molecule has 1 N–H and O–H groups in total. The predicted molar refractivity (Wildman–Crippen MR) is 56.5 cm³/mol. The molecule has 0 aliphatic heterocycles. The van der Waals surface area contributed by atoms with Gasteiger partial charge in [0.1, 0.15) is 0 Å². The molecule has 0 saturated heterocycles. The molecule has 0 atom stereocenters. The first-order valence-corrected chi connectivity index (χ1v) is 5.37. The molecule has 0 bridgehead atoms. The molecule has 0 spiro atoms. The lowest BCUT2D eigenvalue weighted by Crippen LogP contribution is -2.25. The largest absolute Gasteiger partial charge is 0.362 e. The van der Waals surface area contributed by atoms with E-state index in [0.29, 0.717) is 6.42 Å². The molecule has 15 heavy (non-hydrogen) atoms. The van der Waals surface area contributed by atoms with Crippen molar-refractivity contribution in [1.82, 2.24) is 4.98 Å². The van der Waals surface area contributed by atoms with Gasteiger partial charge in [-0.05, 0) is 18.1 Å². The van der Waals surface area contributed by atoms with Gasteiger partial charge in [0.15, 0.2) is 0 Å². The first-order chi connectivity index (χ1) is 6.78. The normalized spacial score (nSPS) is 20.1. The molecule has 0 unspecified atom stereocenters. The molecule has 84 valence electrons. The minimum Gasteiger partial charge on any atom is -0.362 e. The number of hydrogen-bond donors (Lipinski definition) is 1. The number of aromatic amines is 1. The van der Waals surface area contributed by atoms with E-state index in [1.807, 2.05) is 6.07 Å². The average Bonchev–Trinajstić information content (AvgIpc) is 2.43. The van der Waals surface area contributed by atoms with E-state index in [0.717, 1.165) is 17.0 Å². The molecule has 1 nitrogen and oxygen atoms in total. The summed E-state index contributed by atoms with van der Waals surface area (Å²) in [5.41, 5.74) is 2.87. The van der Waals surface area contributed by atoms with E-state index in [2.05, 4.69) is 25.8 Å².